The SMILES string of the molecule is Cc1ccc(C(C)C)cc1CCC(O)C(=O)O. The lowest BCUT2D eigenvalue weighted by Gasteiger charge is -2.12. The summed E-state index contributed by atoms with van der Waals surface area (Å²) >= 11 is 0. The second-order valence-corrected chi connectivity index (χ2v) is 4.73. The number of aliphatic carboxylic acids is 1. The van der Waals surface area contributed by atoms with E-state index in [1.54, 1.807) is 0 Å². The van der Waals surface area contributed by atoms with Crippen molar-refractivity contribution in [3.8, 4) is 0 Å². The third-order valence-electron chi connectivity index (χ3n) is 3.01. The molecule has 0 radical (unpaired) electrons. The zero-order chi connectivity index (χ0) is 13.0. The zero-order valence-corrected chi connectivity index (χ0v) is 10.6. The Morgan fingerprint density at radius 1 is 1.35 bits per heavy atom. The van der Waals surface area contributed by atoms with Crippen molar-refractivity contribution in [3.05, 3.63) is 34.9 Å². The number of aliphatic hydroxyl groups excluding tert-OH is 1. The first-order valence-corrected chi connectivity index (χ1v) is 5.92. The highest BCUT2D eigenvalue weighted by molar-refractivity contribution is 5.71. The number of hydrogen-bond acceptors (Lipinski definition) is 2. The maximum absolute atomic E-state index is 10.5. The topological polar surface area (TPSA) is 57.5 Å². The summed E-state index contributed by atoms with van der Waals surface area (Å²) in [6, 6.07) is 6.25. The number of aryl methyl sites for hydroxylation is 2. The molecule has 1 rings (SSSR count). The third-order valence-corrected chi connectivity index (χ3v) is 3.01. The normalized spacial score (nSPS) is 12.8. The monoisotopic (exact) mass is 236 g/mol. The van der Waals surface area contributed by atoms with E-state index in [0.29, 0.717) is 12.3 Å². The molecule has 3 nitrogen and oxygen atoms in total. The van der Waals surface area contributed by atoms with Crippen molar-refractivity contribution in [1.29, 1.82) is 0 Å². The molecule has 1 atom stereocenters. The van der Waals surface area contributed by atoms with Crippen molar-refractivity contribution in [2.75, 3.05) is 0 Å². The summed E-state index contributed by atoms with van der Waals surface area (Å²) in [5, 5.41) is 17.9. The van der Waals surface area contributed by atoms with E-state index in [0.717, 1.165) is 11.1 Å². The molecule has 0 fully saturated rings. The average Bonchev–Trinajstić information content (AvgIpc) is 2.26. The van der Waals surface area contributed by atoms with Crippen molar-refractivity contribution in [2.45, 2.75) is 45.6 Å². The highest BCUT2D eigenvalue weighted by Crippen LogP contribution is 2.20. The molecule has 3 heteroatoms. The minimum Gasteiger partial charge on any atom is -0.479 e. The average molecular weight is 236 g/mol. The summed E-state index contributed by atoms with van der Waals surface area (Å²) in [5.74, 6) is -0.693. The van der Waals surface area contributed by atoms with Crippen LogP contribution in [0.5, 0.6) is 0 Å². The number of carboxylic acids is 1. The molecule has 0 aliphatic rings. The largest absolute Gasteiger partial charge is 0.479 e. The van der Waals surface area contributed by atoms with Crippen molar-refractivity contribution >= 4 is 5.97 Å². The van der Waals surface area contributed by atoms with Crippen LogP contribution in [0.2, 0.25) is 0 Å². The highest BCUT2D eigenvalue weighted by atomic mass is 16.4. The van der Waals surface area contributed by atoms with Gasteiger partial charge in [-0.05, 0) is 42.4 Å². The second-order valence-electron chi connectivity index (χ2n) is 4.73. The molecule has 0 saturated heterocycles. The van der Waals surface area contributed by atoms with Crippen LogP contribution in [0.3, 0.4) is 0 Å². The first kappa shape index (κ1) is 13.7. The van der Waals surface area contributed by atoms with Gasteiger partial charge in [0.25, 0.3) is 0 Å². The van der Waals surface area contributed by atoms with Gasteiger partial charge < -0.3 is 10.2 Å². The number of aliphatic hydroxyl groups is 1. The minimum absolute atomic E-state index is 0.262. The second kappa shape index (κ2) is 5.82. The Morgan fingerprint density at radius 2 is 2.00 bits per heavy atom. The van der Waals surface area contributed by atoms with Crippen molar-refractivity contribution in [1.82, 2.24) is 0 Å². The van der Waals surface area contributed by atoms with Crippen LogP contribution in [0.1, 0.15) is 42.9 Å². The summed E-state index contributed by atoms with van der Waals surface area (Å²) in [6.45, 7) is 6.26. The Labute approximate surface area is 102 Å². The fraction of sp³-hybridized carbons (Fsp3) is 0.500. The molecule has 0 aliphatic carbocycles. The maximum atomic E-state index is 10.5. The van der Waals surface area contributed by atoms with E-state index in [2.05, 4.69) is 32.0 Å². The van der Waals surface area contributed by atoms with E-state index in [-0.39, 0.29) is 6.42 Å². The van der Waals surface area contributed by atoms with Crippen LogP contribution in [0, 0.1) is 6.92 Å². The fourth-order valence-electron chi connectivity index (χ4n) is 1.74. The van der Waals surface area contributed by atoms with Gasteiger partial charge in [0.15, 0.2) is 6.10 Å². The summed E-state index contributed by atoms with van der Waals surface area (Å²) in [4.78, 5) is 10.5. The van der Waals surface area contributed by atoms with Crippen molar-refractivity contribution in [3.63, 3.8) is 0 Å². The van der Waals surface area contributed by atoms with Crippen LogP contribution in [0.15, 0.2) is 18.2 Å². The molecule has 0 aliphatic heterocycles. The summed E-state index contributed by atoms with van der Waals surface area (Å²) in [6.07, 6.45) is -0.408. The van der Waals surface area contributed by atoms with E-state index in [1.807, 2.05) is 6.92 Å². The molecule has 0 aromatic heterocycles. The predicted molar refractivity (Wildman–Crippen MR) is 67.2 cm³/mol. The van der Waals surface area contributed by atoms with Gasteiger partial charge in [-0.2, -0.15) is 0 Å². The van der Waals surface area contributed by atoms with Gasteiger partial charge in [-0.1, -0.05) is 32.0 Å². The Bertz CT molecular complexity index is 396. The molecule has 1 unspecified atom stereocenters. The Balaban J connectivity index is 2.76. The zero-order valence-electron chi connectivity index (χ0n) is 10.6. The molecule has 17 heavy (non-hydrogen) atoms. The Hall–Kier alpha value is -1.35. The lowest BCUT2D eigenvalue weighted by atomic mass is 9.95. The molecular weight excluding hydrogens is 216 g/mol. The molecule has 2 N–H and O–H groups in total. The first-order valence-electron chi connectivity index (χ1n) is 5.92. The van der Waals surface area contributed by atoms with Crippen LogP contribution < -0.4 is 0 Å². The van der Waals surface area contributed by atoms with Gasteiger partial charge in [-0.15, -0.1) is 0 Å². The predicted octanol–water partition coefficient (Wildman–Crippen LogP) is 2.50. The summed E-state index contributed by atoms with van der Waals surface area (Å²) < 4.78 is 0. The van der Waals surface area contributed by atoms with Crippen LogP contribution >= 0.6 is 0 Å². The van der Waals surface area contributed by atoms with Gasteiger partial charge in [0.1, 0.15) is 0 Å². The van der Waals surface area contributed by atoms with Crippen LogP contribution in [0.4, 0.5) is 0 Å². The molecule has 0 bridgehead atoms. The fourth-order valence-corrected chi connectivity index (χ4v) is 1.74. The van der Waals surface area contributed by atoms with Gasteiger partial charge in [0, 0.05) is 0 Å². The maximum Gasteiger partial charge on any atom is 0.332 e. The van der Waals surface area contributed by atoms with Gasteiger partial charge in [0.2, 0.25) is 0 Å². The lowest BCUT2D eigenvalue weighted by molar-refractivity contribution is -0.146. The quantitative estimate of drug-likeness (QED) is 0.825. The van der Waals surface area contributed by atoms with Gasteiger partial charge in [-0.25, -0.2) is 4.79 Å². The molecule has 1 aromatic carbocycles. The molecule has 1 aromatic rings. The van der Waals surface area contributed by atoms with E-state index < -0.39 is 12.1 Å². The molecule has 0 saturated carbocycles. The number of carbonyl (C=O) groups is 1. The number of benzene rings is 1. The molecule has 0 amide bonds. The van der Waals surface area contributed by atoms with Gasteiger partial charge >= 0.3 is 5.97 Å². The van der Waals surface area contributed by atoms with Gasteiger partial charge in [-0.3, -0.25) is 0 Å². The molecule has 0 heterocycles. The third kappa shape index (κ3) is 3.86. The standard InChI is InChI=1S/C14H20O3/c1-9(2)11-5-4-10(3)12(8-11)6-7-13(15)14(16)17/h4-5,8-9,13,15H,6-7H2,1-3H3,(H,16,17). The van der Waals surface area contributed by atoms with Crippen molar-refractivity contribution in [2.24, 2.45) is 0 Å². The Kier molecular flexibility index (Phi) is 4.70. The Morgan fingerprint density at radius 3 is 2.53 bits per heavy atom. The number of hydrogen-bond donors (Lipinski definition) is 2. The van der Waals surface area contributed by atoms with E-state index in [4.69, 9.17) is 5.11 Å². The summed E-state index contributed by atoms with van der Waals surface area (Å²) in [7, 11) is 0. The van der Waals surface area contributed by atoms with E-state index in [1.165, 1.54) is 5.56 Å². The summed E-state index contributed by atoms with van der Waals surface area (Å²) in [5.41, 5.74) is 3.51. The van der Waals surface area contributed by atoms with Crippen LogP contribution in [-0.4, -0.2) is 22.3 Å². The van der Waals surface area contributed by atoms with E-state index in [9.17, 15) is 9.90 Å². The number of rotatable bonds is 5. The number of carboxylic acid groups (broad SMARTS) is 1. The first-order chi connectivity index (χ1) is 7.91. The highest BCUT2D eigenvalue weighted by Gasteiger charge is 2.13. The molecule has 0 spiro atoms. The van der Waals surface area contributed by atoms with E-state index >= 15 is 0 Å². The van der Waals surface area contributed by atoms with Crippen LogP contribution in [-0.2, 0) is 11.2 Å². The minimum atomic E-state index is -1.27. The van der Waals surface area contributed by atoms with Crippen molar-refractivity contribution < 1.29 is 15.0 Å². The lowest BCUT2D eigenvalue weighted by Crippen LogP contribution is -2.20. The molecular formula is C14H20O3. The molecule has 94 valence electrons. The van der Waals surface area contributed by atoms with Gasteiger partial charge in [0.05, 0.1) is 0 Å². The van der Waals surface area contributed by atoms with Crippen LogP contribution in [0.25, 0.3) is 0 Å². The smallest absolute Gasteiger partial charge is 0.332 e.